The molecule has 2 N–H and O–H groups in total. The molecule has 3 nitrogen and oxygen atoms in total. The van der Waals surface area contributed by atoms with Crippen LogP contribution in [0.1, 0.15) is 27.0 Å². The molecule has 2 rings (SSSR count). The first-order chi connectivity index (χ1) is 9.93. The van der Waals surface area contributed by atoms with Gasteiger partial charge in [0, 0.05) is 4.88 Å². The number of primary amides is 1. The summed E-state index contributed by atoms with van der Waals surface area (Å²) < 4.78 is 12.9. The van der Waals surface area contributed by atoms with Gasteiger partial charge in [0.25, 0.3) is 0 Å². The molecule has 1 unspecified atom stereocenters. The van der Waals surface area contributed by atoms with Crippen molar-refractivity contribution in [2.45, 2.75) is 19.8 Å². The Hall–Kier alpha value is -2.01. The zero-order valence-corrected chi connectivity index (χ0v) is 12.5. The largest absolute Gasteiger partial charge is 0.369 e. The van der Waals surface area contributed by atoms with Gasteiger partial charge in [-0.15, -0.1) is 11.3 Å². The Labute approximate surface area is 126 Å². The molecule has 2 aromatic rings. The summed E-state index contributed by atoms with van der Waals surface area (Å²) in [7, 11) is 0. The SMILES string of the molecule is CC(Cc1ccc(F)cc1)(Cc1ccc(C=O)s1)C(N)=O. The average molecular weight is 305 g/mol. The van der Waals surface area contributed by atoms with Gasteiger partial charge in [-0.25, -0.2) is 4.39 Å². The minimum atomic E-state index is -0.775. The summed E-state index contributed by atoms with van der Waals surface area (Å²) in [6, 6.07) is 9.61. The lowest BCUT2D eigenvalue weighted by atomic mass is 9.79. The second-order valence-electron chi connectivity index (χ2n) is 5.33. The van der Waals surface area contributed by atoms with E-state index in [1.165, 1.54) is 23.5 Å². The Kier molecular flexibility index (Phi) is 4.53. The third-order valence-corrected chi connectivity index (χ3v) is 4.48. The van der Waals surface area contributed by atoms with Crippen molar-refractivity contribution in [2.75, 3.05) is 0 Å². The highest BCUT2D eigenvalue weighted by Gasteiger charge is 2.32. The van der Waals surface area contributed by atoms with Crippen molar-refractivity contribution in [3.8, 4) is 0 Å². The van der Waals surface area contributed by atoms with Crippen LogP contribution in [0.15, 0.2) is 36.4 Å². The summed E-state index contributed by atoms with van der Waals surface area (Å²) in [5.41, 5.74) is 5.63. The van der Waals surface area contributed by atoms with Crippen LogP contribution in [0, 0.1) is 11.2 Å². The van der Waals surface area contributed by atoms with Gasteiger partial charge in [0.15, 0.2) is 6.29 Å². The maximum atomic E-state index is 12.9. The molecule has 1 atom stereocenters. The van der Waals surface area contributed by atoms with Crippen LogP contribution in [0.25, 0.3) is 0 Å². The van der Waals surface area contributed by atoms with E-state index < -0.39 is 11.3 Å². The molecular formula is C16H16FNO2S. The molecule has 0 fully saturated rings. The highest BCUT2D eigenvalue weighted by atomic mass is 32.1. The summed E-state index contributed by atoms with van der Waals surface area (Å²) in [5.74, 6) is -0.721. The Morgan fingerprint density at radius 2 is 1.90 bits per heavy atom. The molecule has 0 radical (unpaired) electrons. The van der Waals surface area contributed by atoms with Crippen molar-refractivity contribution < 1.29 is 14.0 Å². The Morgan fingerprint density at radius 3 is 2.43 bits per heavy atom. The van der Waals surface area contributed by atoms with Gasteiger partial charge in [0.05, 0.1) is 10.3 Å². The lowest BCUT2D eigenvalue weighted by Gasteiger charge is -2.25. The number of carbonyl (C=O) groups excluding carboxylic acids is 2. The van der Waals surface area contributed by atoms with Crippen LogP contribution in [-0.2, 0) is 17.6 Å². The summed E-state index contributed by atoms with van der Waals surface area (Å²) in [6.45, 7) is 1.79. The van der Waals surface area contributed by atoms with Crippen molar-refractivity contribution in [3.05, 3.63) is 57.5 Å². The Morgan fingerprint density at radius 1 is 1.24 bits per heavy atom. The van der Waals surface area contributed by atoms with Gasteiger partial charge >= 0.3 is 0 Å². The van der Waals surface area contributed by atoms with Crippen LogP contribution in [0.5, 0.6) is 0 Å². The number of thiophene rings is 1. The van der Waals surface area contributed by atoms with Crippen molar-refractivity contribution in [1.82, 2.24) is 0 Å². The molecule has 1 aromatic carbocycles. The number of halogens is 1. The molecule has 110 valence electrons. The number of aldehydes is 1. The van der Waals surface area contributed by atoms with Crippen molar-refractivity contribution in [2.24, 2.45) is 11.1 Å². The molecule has 5 heteroatoms. The minimum Gasteiger partial charge on any atom is -0.369 e. The Balaban J connectivity index is 2.21. The van der Waals surface area contributed by atoms with E-state index >= 15 is 0 Å². The van der Waals surface area contributed by atoms with Crippen LogP contribution >= 0.6 is 11.3 Å². The minimum absolute atomic E-state index is 0.312. The molecule has 0 aliphatic carbocycles. The molecular weight excluding hydrogens is 289 g/mol. The molecule has 1 aromatic heterocycles. The van der Waals surface area contributed by atoms with E-state index in [0.717, 1.165) is 16.7 Å². The molecule has 0 bridgehead atoms. The standard InChI is InChI=1S/C16H16FNO2S/c1-16(15(18)20,8-11-2-4-12(17)5-3-11)9-13-6-7-14(10-19)21-13/h2-7,10H,8-9H2,1H3,(H2,18,20). The first kappa shape index (κ1) is 15.4. The van der Waals surface area contributed by atoms with Crippen LogP contribution in [0.2, 0.25) is 0 Å². The zero-order valence-electron chi connectivity index (χ0n) is 11.6. The van der Waals surface area contributed by atoms with E-state index in [4.69, 9.17) is 5.73 Å². The summed E-state index contributed by atoms with van der Waals surface area (Å²) in [5, 5.41) is 0. The normalized spacial score (nSPS) is 13.6. The number of hydrogen-bond acceptors (Lipinski definition) is 3. The van der Waals surface area contributed by atoms with Crippen LogP contribution < -0.4 is 5.73 Å². The molecule has 1 heterocycles. The predicted molar refractivity (Wildman–Crippen MR) is 80.8 cm³/mol. The first-order valence-electron chi connectivity index (χ1n) is 6.51. The monoisotopic (exact) mass is 305 g/mol. The Bertz CT molecular complexity index is 651. The van der Waals surface area contributed by atoms with Gasteiger partial charge in [0.1, 0.15) is 5.82 Å². The van der Waals surface area contributed by atoms with Gasteiger partial charge in [-0.05, 0) is 42.7 Å². The smallest absolute Gasteiger partial charge is 0.224 e. The van der Waals surface area contributed by atoms with E-state index in [0.29, 0.717) is 17.7 Å². The van der Waals surface area contributed by atoms with Crippen molar-refractivity contribution in [3.63, 3.8) is 0 Å². The molecule has 21 heavy (non-hydrogen) atoms. The van der Waals surface area contributed by atoms with Crippen LogP contribution in [0.3, 0.4) is 0 Å². The topological polar surface area (TPSA) is 60.2 Å². The maximum Gasteiger partial charge on any atom is 0.224 e. The molecule has 0 saturated carbocycles. The van der Waals surface area contributed by atoms with Gasteiger partial charge in [-0.1, -0.05) is 19.1 Å². The van der Waals surface area contributed by atoms with E-state index in [9.17, 15) is 14.0 Å². The number of benzene rings is 1. The van der Waals surface area contributed by atoms with E-state index in [1.54, 1.807) is 25.1 Å². The highest BCUT2D eigenvalue weighted by molar-refractivity contribution is 7.13. The second-order valence-corrected chi connectivity index (χ2v) is 6.53. The second kappa shape index (κ2) is 6.18. The summed E-state index contributed by atoms with van der Waals surface area (Å²) in [4.78, 5) is 24.1. The number of rotatable bonds is 6. The summed E-state index contributed by atoms with van der Waals surface area (Å²) >= 11 is 1.35. The third-order valence-electron chi connectivity index (χ3n) is 3.47. The molecule has 0 aliphatic heterocycles. The highest BCUT2D eigenvalue weighted by Crippen LogP contribution is 2.30. The van der Waals surface area contributed by atoms with E-state index in [-0.39, 0.29) is 5.82 Å². The molecule has 0 aliphatic rings. The molecule has 1 amide bonds. The fourth-order valence-electron chi connectivity index (χ4n) is 2.23. The van der Waals surface area contributed by atoms with Gasteiger partial charge in [0.2, 0.25) is 5.91 Å². The van der Waals surface area contributed by atoms with Crippen LogP contribution in [0.4, 0.5) is 4.39 Å². The lowest BCUT2D eigenvalue weighted by Crippen LogP contribution is -2.38. The molecule has 0 saturated heterocycles. The van der Waals surface area contributed by atoms with Gasteiger partial charge < -0.3 is 5.73 Å². The number of hydrogen-bond donors (Lipinski definition) is 1. The predicted octanol–water partition coefficient (Wildman–Crippen LogP) is 2.98. The number of carbonyl (C=O) groups is 2. The number of amides is 1. The third kappa shape index (κ3) is 3.76. The van der Waals surface area contributed by atoms with Crippen molar-refractivity contribution >= 4 is 23.5 Å². The van der Waals surface area contributed by atoms with Gasteiger partial charge in [-0.3, -0.25) is 9.59 Å². The summed E-state index contributed by atoms with van der Waals surface area (Å²) in [6.07, 6.45) is 1.67. The maximum absolute atomic E-state index is 12.9. The van der Waals surface area contributed by atoms with E-state index in [2.05, 4.69) is 0 Å². The average Bonchev–Trinajstić information content (AvgIpc) is 2.88. The fraction of sp³-hybridized carbons (Fsp3) is 0.250. The quantitative estimate of drug-likeness (QED) is 0.834. The van der Waals surface area contributed by atoms with Gasteiger partial charge in [-0.2, -0.15) is 0 Å². The van der Waals surface area contributed by atoms with E-state index in [1.807, 2.05) is 6.07 Å². The molecule has 0 spiro atoms. The van der Waals surface area contributed by atoms with Crippen LogP contribution in [-0.4, -0.2) is 12.2 Å². The van der Waals surface area contributed by atoms with Crippen molar-refractivity contribution in [1.29, 1.82) is 0 Å². The lowest BCUT2D eigenvalue weighted by molar-refractivity contribution is -0.126. The number of nitrogens with two attached hydrogens (primary N) is 1. The fourth-order valence-corrected chi connectivity index (χ4v) is 3.24. The zero-order chi connectivity index (χ0) is 15.5. The first-order valence-corrected chi connectivity index (χ1v) is 7.33.